The van der Waals surface area contributed by atoms with Crippen LogP contribution in [-0.4, -0.2) is 12.7 Å². The van der Waals surface area contributed by atoms with Crippen molar-refractivity contribution >= 4 is 0 Å². The second kappa shape index (κ2) is 4.79. The normalized spacial score (nSPS) is 31.7. The number of benzene rings is 1. The minimum absolute atomic E-state index is 0.243. The number of ether oxygens (including phenoxy) is 1. The third-order valence-electron chi connectivity index (χ3n) is 4.29. The van der Waals surface area contributed by atoms with Crippen LogP contribution < -0.4 is 5.73 Å². The number of fused-ring (bicyclic) bond motifs is 1. The maximum Gasteiger partial charge on any atom is 0.0576 e. The fraction of sp³-hybridized carbons (Fsp3) is 0.600. The molecule has 1 saturated heterocycles. The van der Waals surface area contributed by atoms with Crippen molar-refractivity contribution in [3.05, 3.63) is 35.4 Å². The molecule has 1 heterocycles. The molecule has 92 valence electrons. The highest BCUT2D eigenvalue weighted by Crippen LogP contribution is 2.37. The van der Waals surface area contributed by atoms with Crippen LogP contribution in [0.2, 0.25) is 0 Å². The van der Waals surface area contributed by atoms with Crippen LogP contribution in [0, 0.1) is 5.92 Å². The predicted octanol–water partition coefficient (Wildman–Crippen LogP) is 2.82. The molecule has 0 bridgehead atoms. The molecule has 1 aliphatic heterocycles. The molecule has 0 radical (unpaired) electrons. The summed E-state index contributed by atoms with van der Waals surface area (Å²) in [6, 6.07) is 8.87. The molecule has 1 aromatic carbocycles. The van der Waals surface area contributed by atoms with E-state index in [1.807, 2.05) is 0 Å². The van der Waals surface area contributed by atoms with E-state index in [0.717, 1.165) is 13.0 Å². The van der Waals surface area contributed by atoms with E-state index in [0.29, 0.717) is 12.0 Å². The largest absolute Gasteiger partial charge is 0.378 e. The summed E-state index contributed by atoms with van der Waals surface area (Å²) in [5.74, 6) is 0.622. The first-order chi connectivity index (χ1) is 8.34. The number of hydrogen-bond acceptors (Lipinski definition) is 2. The average molecular weight is 231 g/mol. The Bertz CT molecular complexity index is 384. The summed E-state index contributed by atoms with van der Waals surface area (Å²) >= 11 is 0. The van der Waals surface area contributed by atoms with Crippen LogP contribution in [0.1, 0.15) is 42.9 Å². The molecule has 17 heavy (non-hydrogen) atoms. The summed E-state index contributed by atoms with van der Waals surface area (Å²) in [5.41, 5.74) is 9.16. The van der Waals surface area contributed by atoms with Gasteiger partial charge >= 0.3 is 0 Å². The molecule has 1 aromatic rings. The van der Waals surface area contributed by atoms with Gasteiger partial charge in [-0.15, -0.1) is 0 Å². The van der Waals surface area contributed by atoms with Gasteiger partial charge in [-0.1, -0.05) is 24.3 Å². The highest BCUT2D eigenvalue weighted by Gasteiger charge is 2.29. The van der Waals surface area contributed by atoms with Gasteiger partial charge in [0.1, 0.15) is 0 Å². The van der Waals surface area contributed by atoms with Crippen molar-refractivity contribution in [1.82, 2.24) is 0 Å². The van der Waals surface area contributed by atoms with E-state index >= 15 is 0 Å². The van der Waals surface area contributed by atoms with E-state index in [2.05, 4.69) is 24.3 Å². The fourth-order valence-corrected chi connectivity index (χ4v) is 3.26. The van der Waals surface area contributed by atoms with Gasteiger partial charge in [0.2, 0.25) is 0 Å². The van der Waals surface area contributed by atoms with Crippen LogP contribution in [0.3, 0.4) is 0 Å². The van der Waals surface area contributed by atoms with E-state index in [9.17, 15) is 0 Å². The van der Waals surface area contributed by atoms with Crippen LogP contribution >= 0.6 is 0 Å². The summed E-state index contributed by atoms with van der Waals surface area (Å²) in [6.45, 7) is 0.960. The van der Waals surface area contributed by atoms with Crippen LogP contribution in [0.4, 0.5) is 0 Å². The molecule has 0 saturated carbocycles. The number of hydrogen-bond donors (Lipinski definition) is 1. The Morgan fingerprint density at radius 2 is 2.12 bits per heavy atom. The van der Waals surface area contributed by atoms with Gasteiger partial charge in [-0.05, 0) is 49.1 Å². The lowest BCUT2D eigenvalue weighted by atomic mass is 9.94. The smallest absolute Gasteiger partial charge is 0.0576 e. The first-order valence-electron chi connectivity index (χ1n) is 6.79. The second-order valence-electron chi connectivity index (χ2n) is 5.40. The molecule has 0 amide bonds. The van der Waals surface area contributed by atoms with Crippen molar-refractivity contribution in [2.24, 2.45) is 11.7 Å². The zero-order valence-corrected chi connectivity index (χ0v) is 10.3. The Morgan fingerprint density at radius 3 is 2.88 bits per heavy atom. The van der Waals surface area contributed by atoms with E-state index < -0.39 is 0 Å². The Hall–Kier alpha value is -0.860. The first-order valence-corrected chi connectivity index (χ1v) is 6.79. The van der Waals surface area contributed by atoms with Gasteiger partial charge in [-0.2, -0.15) is 0 Å². The molecule has 3 unspecified atom stereocenters. The fourth-order valence-electron chi connectivity index (χ4n) is 3.26. The van der Waals surface area contributed by atoms with Gasteiger partial charge in [0.25, 0.3) is 0 Å². The van der Waals surface area contributed by atoms with Gasteiger partial charge in [-0.25, -0.2) is 0 Å². The first kappa shape index (κ1) is 11.2. The lowest BCUT2D eigenvalue weighted by Gasteiger charge is -2.18. The second-order valence-corrected chi connectivity index (χ2v) is 5.40. The zero-order valence-electron chi connectivity index (χ0n) is 10.3. The van der Waals surface area contributed by atoms with Crippen LogP contribution in [0.5, 0.6) is 0 Å². The summed E-state index contributed by atoms with van der Waals surface area (Å²) in [6.07, 6.45) is 6.54. The number of nitrogens with two attached hydrogens (primary N) is 1. The molecule has 2 nitrogen and oxygen atoms in total. The van der Waals surface area contributed by atoms with Gasteiger partial charge in [0.15, 0.2) is 0 Å². The summed E-state index contributed by atoms with van der Waals surface area (Å²) < 4.78 is 5.68. The Kier molecular flexibility index (Phi) is 3.17. The quantitative estimate of drug-likeness (QED) is 0.868. The van der Waals surface area contributed by atoms with Gasteiger partial charge < -0.3 is 10.5 Å². The van der Waals surface area contributed by atoms with E-state index in [4.69, 9.17) is 10.5 Å². The van der Waals surface area contributed by atoms with Crippen LogP contribution in [-0.2, 0) is 11.2 Å². The molecule has 1 fully saturated rings. The third kappa shape index (κ3) is 2.24. The standard InChI is InChI=1S/C15H21NO/c16-15-12(7-8-13-5-3-9-17-13)10-11-4-1-2-6-14(11)15/h1-2,4,6,12-13,15H,3,5,7-10,16H2. The minimum Gasteiger partial charge on any atom is -0.378 e. The zero-order chi connectivity index (χ0) is 11.7. The molecule has 2 heteroatoms. The maximum absolute atomic E-state index is 6.33. The highest BCUT2D eigenvalue weighted by atomic mass is 16.5. The SMILES string of the molecule is NC1c2ccccc2CC1CCC1CCCO1. The molecule has 3 rings (SSSR count). The van der Waals surface area contributed by atoms with Crippen LogP contribution in [0.15, 0.2) is 24.3 Å². The van der Waals surface area contributed by atoms with Crippen molar-refractivity contribution in [3.63, 3.8) is 0 Å². The Balaban J connectivity index is 1.59. The summed E-state index contributed by atoms with van der Waals surface area (Å²) in [5, 5.41) is 0. The van der Waals surface area contributed by atoms with Gasteiger partial charge in [-0.3, -0.25) is 0 Å². The number of rotatable bonds is 3. The topological polar surface area (TPSA) is 35.2 Å². The predicted molar refractivity (Wildman–Crippen MR) is 68.8 cm³/mol. The van der Waals surface area contributed by atoms with E-state index in [-0.39, 0.29) is 6.04 Å². The van der Waals surface area contributed by atoms with Crippen molar-refractivity contribution in [2.45, 2.75) is 44.2 Å². The van der Waals surface area contributed by atoms with Crippen molar-refractivity contribution in [1.29, 1.82) is 0 Å². The Labute approximate surface area is 103 Å². The molecule has 2 N–H and O–H groups in total. The Morgan fingerprint density at radius 1 is 1.24 bits per heavy atom. The summed E-state index contributed by atoms with van der Waals surface area (Å²) in [7, 11) is 0. The molecule has 0 aromatic heterocycles. The molecule has 1 aliphatic carbocycles. The van der Waals surface area contributed by atoms with Crippen molar-refractivity contribution < 1.29 is 4.74 Å². The average Bonchev–Trinajstić information content (AvgIpc) is 2.96. The minimum atomic E-state index is 0.243. The molecule has 0 spiro atoms. The monoisotopic (exact) mass is 231 g/mol. The molecular formula is C15H21NO. The summed E-state index contributed by atoms with van der Waals surface area (Å²) in [4.78, 5) is 0. The van der Waals surface area contributed by atoms with Gasteiger partial charge in [0, 0.05) is 12.6 Å². The lowest BCUT2D eigenvalue weighted by Crippen LogP contribution is -2.18. The maximum atomic E-state index is 6.33. The van der Waals surface area contributed by atoms with Gasteiger partial charge in [0.05, 0.1) is 6.10 Å². The van der Waals surface area contributed by atoms with E-state index in [1.165, 1.54) is 36.8 Å². The van der Waals surface area contributed by atoms with Crippen molar-refractivity contribution in [3.8, 4) is 0 Å². The van der Waals surface area contributed by atoms with E-state index in [1.54, 1.807) is 0 Å². The van der Waals surface area contributed by atoms with Crippen molar-refractivity contribution in [2.75, 3.05) is 6.61 Å². The molecular weight excluding hydrogens is 210 g/mol. The molecule has 3 atom stereocenters. The molecule has 2 aliphatic rings. The third-order valence-corrected chi connectivity index (χ3v) is 4.29. The highest BCUT2D eigenvalue weighted by molar-refractivity contribution is 5.35. The van der Waals surface area contributed by atoms with Crippen LogP contribution in [0.25, 0.3) is 0 Å². The lowest BCUT2D eigenvalue weighted by molar-refractivity contribution is 0.0973.